The van der Waals surface area contributed by atoms with Crippen molar-refractivity contribution in [1.82, 2.24) is 0 Å². The fourth-order valence-electron chi connectivity index (χ4n) is 1.93. The van der Waals surface area contributed by atoms with Crippen molar-refractivity contribution in [3.63, 3.8) is 0 Å². The molecule has 0 spiro atoms. The Morgan fingerprint density at radius 1 is 0.789 bits per heavy atom. The zero-order chi connectivity index (χ0) is 13.2. The summed E-state index contributed by atoms with van der Waals surface area (Å²) in [5, 5.41) is 22.7. The molecule has 0 saturated heterocycles. The molecule has 3 aromatic rings. The van der Waals surface area contributed by atoms with E-state index in [9.17, 15) is 10.2 Å². The number of aliphatic hydroxyl groups excluding tert-OH is 2. The minimum absolute atomic E-state index is 0.0997. The van der Waals surface area contributed by atoms with Gasteiger partial charge in [-0.3, -0.25) is 0 Å². The number of hydrogen-bond acceptors (Lipinski definition) is 4. The minimum atomic E-state index is 0.0997. The van der Waals surface area contributed by atoms with Crippen molar-refractivity contribution in [1.29, 1.82) is 0 Å². The van der Waals surface area contributed by atoms with Crippen LogP contribution in [0.3, 0.4) is 0 Å². The number of rotatable bonds is 4. The Morgan fingerprint density at radius 3 is 1.68 bits per heavy atom. The van der Waals surface area contributed by atoms with Gasteiger partial charge in [0.1, 0.15) is 0 Å². The first-order valence-electron chi connectivity index (χ1n) is 5.78. The van der Waals surface area contributed by atoms with Crippen molar-refractivity contribution < 1.29 is 10.2 Å². The van der Waals surface area contributed by atoms with Crippen LogP contribution in [0.1, 0.15) is 11.1 Å². The van der Waals surface area contributed by atoms with Gasteiger partial charge in [-0.2, -0.15) is 0 Å². The molecule has 0 unspecified atom stereocenters. The van der Waals surface area contributed by atoms with Gasteiger partial charge in [-0.05, 0) is 0 Å². The van der Waals surface area contributed by atoms with Gasteiger partial charge < -0.3 is 0 Å². The third-order valence-electron chi connectivity index (χ3n) is 2.89. The monoisotopic (exact) mass is 356 g/mol. The molecular formula is C14H12O2S2Se. The Morgan fingerprint density at radius 2 is 1.26 bits per heavy atom. The summed E-state index contributed by atoms with van der Waals surface area (Å²) in [7, 11) is 0. The van der Waals surface area contributed by atoms with Gasteiger partial charge in [0.05, 0.1) is 0 Å². The van der Waals surface area contributed by atoms with Gasteiger partial charge in [-0.15, -0.1) is 0 Å². The molecule has 0 aliphatic carbocycles. The summed E-state index contributed by atoms with van der Waals surface area (Å²) in [4.78, 5) is 2.41. The second kappa shape index (κ2) is 5.75. The van der Waals surface area contributed by atoms with Gasteiger partial charge in [-0.1, -0.05) is 0 Å². The van der Waals surface area contributed by atoms with E-state index in [0.717, 1.165) is 11.1 Å². The van der Waals surface area contributed by atoms with Crippen molar-refractivity contribution >= 4 is 37.2 Å². The van der Waals surface area contributed by atoms with Crippen LogP contribution in [0.15, 0.2) is 35.0 Å². The van der Waals surface area contributed by atoms with E-state index in [-0.39, 0.29) is 27.7 Å². The molecule has 0 atom stereocenters. The fraction of sp³-hybridized carbons (Fsp3) is 0.143. The first-order valence-corrected chi connectivity index (χ1v) is 9.25. The Kier molecular flexibility index (Phi) is 4.03. The normalized spacial score (nSPS) is 11.1. The van der Waals surface area contributed by atoms with Crippen molar-refractivity contribution in [2.45, 2.75) is 13.2 Å². The summed E-state index contributed by atoms with van der Waals surface area (Å²) in [6, 6.07) is 8.28. The number of aliphatic hydroxyl groups is 2. The topological polar surface area (TPSA) is 40.5 Å². The van der Waals surface area contributed by atoms with Gasteiger partial charge in [-0.25, -0.2) is 0 Å². The predicted molar refractivity (Wildman–Crippen MR) is 81.9 cm³/mol. The Labute approximate surface area is 125 Å². The van der Waals surface area contributed by atoms with Crippen molar-refractivity contribution in [3.8, 4) is 18.6 Å². The van der Waals surface area contributed by atoms with E-state index in [2.05, 4.69) is 12.1 Å². The second-order valence-corrected chi connectivity index (χ2v) is 8.14. The van der Waals surface area contributed by atoms with E-state index in [1.165, 1.54) is 18.6 Å². The molecule has 0 fully saturated rings. The third kappa shape index (κ3) is 2.50. The van der Waals surface area contributed by atoms with E-state index in [0.29, 0.717) is 0 Å². The van der Waals surface area contributed by atoms with Crippen molar-refractivity contribution in [3.05, 3.63) is 46.2 Å². The molecular weight excluding hydrogens is 343 g/mol. The van der Waals surface area contributed by atoms with Crippen molar-refractivity contribution in [2.24, 2.45) is 0 Å². The SMILES string of the molecule is OCc1ccsc1-c1ccc(-c2sccc2CO)[se]1. The van der Waals surface area contributed by atoms with E-state index >= 15 is 0 Å². The maximum absolute atomic E-state index is 9.34. The first kappa shape index (κ1) is 13.3. The molecule has 0 aliphatic rings. The Hall–Kier alpha value is -0.681. The molecule has 0 aromatic carbocycles. The van der Waals surface area contributed by atoms with E-state index in [4.69, 9.17) is 0 Å². The molecule has 3 aromatic heterocycles. The predicted octanol–water partition coefficient (Wildman–Crippen LogP) is 3.19. The van der Waals surface area contributed by atoms with Crippen LogP contribution in [0.25, 0.3) is 18.6 Å². The standard InChI is InChI=1S/C14H12O2S2Se/c15-7-9-3-5-17-13(9)11-1-2-12(19-11)14-10(8-16)4-6-18-14/h1-6,15-16H,7-8H2. The van der Waals surface area contributed by atoms with Crippen LogP contribution in [0.2, 0.25) is 0 Å². The van der Waals surface area contributed by atoms with Crippen LogP contribution in [-0.2, 0) is 13.2 Å². The summed E-state index contributed by atoms with van der Waals surface area (Å²) >= 11 is 3.63. The fourth-order valence-corrected chi connectivity index (χ4v) is 6.65. The Bertz CT molecular complexity index is 624. The second-order valence-electron chi connectivity index (χ2n) is 4.03. The first-order chi connectivity index (χ1) is 9.33. The molecule has 0 aliphatic heterocycles. The van der Waals surface area contributed by atoms with Gasteiger partial charge in [0, 0.05) is 0 Å². The number of hydrogen-bond donors (Lipinski definition) is 2. The summed E-state index contributed by atoms with van der Waals surface area (Å²) in [5.41, 5.74) is 2.03. The quantitative estimate of drug-likeness (QED) is 0.706. The van der Waals surface area contributed by atoms with Crippen LogP contribution in [0.5, 0.6) is 0 Å². The molecule has 3 rings (SSSR count). The molecule has 5 heteroatoms. The molecule has 2 N–H and O–H groups in total. The molecule has 2 nitrogen and oxygen atoms in total. The average Bonchev–Trinajstić information content (AvgIpc) is 3.16. The zero-order valence-electron chi connectivity index (χ0n) is 10.00. The van der Waals surface area contributed by atoms with E-state index in [1.54, 1.807) is 22.7 Å². The third-order valence-corrected chi connectivity index (χ3v) is 7.80. The van der Waals surface area contributed by atoms with Crippen LogP contribution < -0.4 is 0 Å². The molecule has 0 radical (unpaired) electrons. The summed E-state index contributed by atoms with van der Waals surface area (Å²) in [6.45, 7) is 0.199. The summed E-state index contributed by atoms with van der Waals surface area (Å²) in [6.07, 6.45) is 0. The summed E-state index contributed by atoms with van der Waals surface area (Å²) < 4.78 is 2.64. The average molecular weight is 355 g/mol. The molecule has 98 valence electrons. The van der Waals surface area contributed by atoms with Crippen LogP contribution in [0, 0.1) is 0 Å². The van der Waals surface area contributed by atoms with Crippen molar-refractivity contribution in [2.75, 3.05) is 0 Å². The maximum atomic E-state index is 9.34. The van der Waals surface area contributed by atoms with Gasteiger partial charge >= 0.3 is 125 Å². The van der Waals surface area contributed by atoms with E-state index in [1.807, 2.05) is 22.9 Å². The molecule has 0 amide bonds. The number of thiophene rings is 2. The van der Waals surface area contributed by atoms with Crippen LogP contribution >= 0.6 is 22.7 Å². The molecule has 0 saturated carbocycles. The molecule has 0 bridgehead atoms. The van der Waals surface area contributed by atoms with Crippen LogP contribution in [-0.4, -0.2) is 24.7 Å². The summed E-state index contributed by atoms with van der Waals surface area (Å²) in [5.74, 6) is 0. The van der Waals surface area contributed by atoms with E-state index < -0.39 is 0 Å². The Balaban J connectivity index is 2.00. The van der Waals surface area contributed by atoms with Gasteiger partial charge in [0.25, 0.3) is 0 Å². The molecule has 3 heterocycles. The molecule has 19 heavy (non-hydrogen) atoms. The van der Waals surface area contributed by atoms with Crippen LogP contribution in [0.4, 0.5) is 0 Å². The zero-order valence-corrected chi connectivity index (χ0v) is 13.3. The van der Waals surface area contributed by atoms with Gasteiger partial charge in [0.15, 0.2) is 0 Å². The van der Waals surface area contributed by atoms with Gasteiger partial charge in [0.2, 0.25) is 0 Å².